The lowest BCUT2D eigenvalue weighted by molar-refractivity contribution is 0.0814. The Labute approximate surface area is 122 Å². The highest BCUT2D eigenvalue weighted by Crippen LogP contribution is 2.35. The molecule has 4 heteroatoms. The number of halogens is 1. The third-order valence-corrected chi connectivity index (χ3v) is 5.05. The van der Waals surface area contributed by atoms with Crippen LogP contribution < -0.4 is 5.32 Å². The predicted octanol–water partition coefficient (Wildman–Crippen LogP) is 3.14. The third-order valence-electron chi connectivity index (χ3n) is 3.40. The first-order valence-corrected chi connectivity index (χ1v) is 8.44. The Bertz CT molecular complexity index is 422. The molecule has 1 aromatic carbocycles. The summed E-state index contributed by atoms with van der Waals surface area (Å²) >= 11 is 5.29. The van der Waals surface area contributed by atoms with Gasteiger partial charge in [0.25, 0.3) is 0 Å². The lowest BCUT2D eigenvalue weighted by Gasteiger charge is -2.25. The Balaban J connectivity index is 2.00. The van der Waals surface area contributed by atoms with E-state index in [2.05, 4.69) is 39.4 Å². The Morgan fingerprint density at radius 3 is 3.06 bits per heavy atom. The van der Waals surface area contributed by atoms with E-state index in [0.29, 0.717) is 12.6 Å². The number of fused-ring (bicyclic) bond motifs is 1. The summed E-state index contributed by atoms with van der Waals surface area (Å²) in [6.07, 6.45) is 4.25. The van der Waals surface area contributed by atoms with Gasteiger partial charge >= 0.3 is 0 Å². The summed E-state index contributed by atoms with van der Waals surface area (Å²) in [6, 6.07) is 6.76. The van der Waals surface area contributed by atoms with Gasteiger partial charge in [0, 0.05) is 22.8 Å². The molecule has 0 heterocycles. The van der Waals surface area contributed by atoms with Crippen LogP contribution in [0.25, 0.3) is 0 Å². The van der Waals surface area contributed by atoms with Gasteiger partial charge in [-0.2, -0.15) is 11.8 Å². The van der Waals surface area contributed by atoms with Gasteiger partial charge in [0.15, 0.2) is 0 Å². The maximum atomic E-state index is 10.2. The minimum Gasteiger partial charge on any atom is -0.388 e. The van der Waals surface area contributed by atoms with Gasteiger partial charge < -0.3 is 10.4 Å². The van der Waals surface area contributed by atoms with E-state index in [4.69, 9.17) is 0 Å². The van der Waals surface area contributed by atoms with Crippen LogP contribution in [0.4, 0.5) is 0 Å². The standard InChI is InChI=1S/C14H20BrNOS/c1-14(17,9-18-2)8-16-13-7-6-10-11(13)4-3-5-12(10)15/h3-5,13,16-17H,6-9H2,1-2H3. The molecule has 0 bridgehead atoms. The first kappa shape index (κ1) is 14.4. The van der Waals surface area contributed by atoms with E-state index >= 15 is 0 Å². The molecule has 0 amide bonds. The van der Waals surface area contributed by atoms with Gasteiger partial charge in [-0.15, -0.1) is 0 Å². The van der Waals surface area contributed by atoms with E-state index in [1.54, 1.807) is 11.8 Å². The minimum atomic E-state index is -0.631. The molecule has 2 nitrogen and oxygen atoms in total. The van der Waals surface area contributed by atoms with Crippen molar-refractivity contribution >= 4 is 27.7 Å². The number of nitrogens with one attached hydrogen (secondary N) is 1. The fourth-order valence-corrected chi connectivity index (χ4v) is 3.83. The third kappa shape index (κ3) is 3.29. The number of hydrogen-bond acceptors (Lipinski definition) is 3. The summed E-state index contributed by atoms with van der Waals surface area (Å²) in [5.41, 5.74) is 2.16. The topological polar surface area (TPSA) is 32.3 Å². The van der Waals surface area contributed by atoms with Gasteiger partial charge in [0.1, 0.15) is 0 Å². The zero-order valence-electron chi connectivity index (χ0n) is 10.9. The maximum Gasteiger partial charge on any atom is 0.0833 e. The van der Waals surface area contributed by atoms with E-state index in [1.165, 1.54) is 15.6 Å². The molecule has 100 valence electrons. The normalized spacial score (nSPS) is 21.7. The Kier molecular flexibility index (Phi) is 4.75. The van der Waals surface area contributed by atoms with Crippen molar-refractivity contribution in [2.45, 2.75) is 31.4 Å². The molecule has 2 N–H and O–H groups in total. The van der Waals surface area contributed by atoms with E-state index in [1.807, 2.05) is 13.2 Å². The molecular weight excluding hydrogens is 310 g/mol. The van der Waals surface area contributed by atoms with Crippen LogP contribution in [0.15, 0.2) is 22.7 Å². The lowest BCUT2D eigenvalue weighted by atomic mass is 10.1. The van der Waals surface area contributed by atoms with Crippen molar-refractivity contribution in [1.82, 2.24) is 5.32 Å². The molecule has 0 fully saturated rings. The molecule has 1 aliphatic carbocycles. The van der Waals surface area contributed by atoms with Crippen LogP contribution in [0.2, 0.25) is 0 Å². The zero-order valence-corrected chi connectivity index (χ0v) is 13.3. The van der Waals surface area contributed by atoms with Crippen LogP contribution in [-0.2, 0) is 6.42 Å². The molecule has 0 saturated carbocycles. The Hall–Kier alpha value is -0.0300. The number of aliphatic hydroxyl groups is 1. The van der Waals surface area contributed by atoms with E-state index in [-0.39, 0.29) is 0 Å². The van der Waals surface area contributed by atoms with Crippen LogP contribution in [0.3, 0.4) is 0 Å². The summed E-state index contributed by atoms with van der Waals surface area (Å²) in [6.45, 7) is 2.54. The second-order valence-electron chi connectivity index (χ2n) is 5.21. The van der Waals surface area contributed by atoms with Gasteiger partial charge in [-0.3, -0.25) is 0 Å². The van der Waals surface area contributed by atoms with Gasteiger partial charge in [-0.25, -0.2) is 0 Å². The predicted molar refractivity (Wildman–Crippen MR) is 82.2 cm³/mol. The molecule has 2 unspecified atom stereocenters. The summed E-state index contributed by atoms with van der Waals surface area (Å²) in [4.78, 5) is 0. The SMILES string of the molecule is CSCC(C)(O)CNC1CCc2c(Br)cccc21. The van der Waals surface area contributed by atoms with Crippen LogP contribution in [-0.4, -0.2) is 29.3 Å². The van der Waals surface area contributed by atoms with E-state index < -0.39 is 5.60 Å². The molecule has 0 aliphatic heterocycles. The number of benzene rings is 1. The molecule has 1 aliphatic rings. The van der Waals surface area contributed by atoms with Gasteiger partial charge in [-0.1, -0.05) is 28.1 Å². The van der Waals surface area contributed by atoms with Crippen LogP contribution in [0, 0.1) is 0 Å². The molecule has 1 aromatic rings. The summed E-state index contributed by atoms with van der Waals surface area (Å²) in [5.74, 6) is 0.762. The van der Waals surface area contributed by atoms with Crippen LogP contribution in [0.5, 0.6) is 0 Å². The molecule has 0 saturated heterocycles. The first-order chi connectivity index (χ1) is 8.53. The van der Waals surface area contributed by atoms with Gasteiger partial charge in [0.2, 0.25) is 0 Å². The lowest BCUT2D eigenvalue weighted by Crippen LogP contribution is -2.41. The van der Waals surface area contributed by atoms with Crippen LogP contribution in [0.1, 0.15) is 30.5 Å². The van der Waals surface area contributed by atoms with Crippen molar-refractivity contribution in [1.29, 1.82) is 0 Å². The maximum absolute atomic E-state index is 10.2. The van der Waals surface area contributed by atoms with Crippen molar-refractivity contribution in [2.24, 2.45) is 0 Å². The highest BCUT2D eigenvalue weighted by atomic mass is 79.9. The second kappa shape index (κ2) is 5.95. The molecule has 2 atom stereocenters. The summed E-state index contributed by atoms with van der Waals surface area (Å²) in [5, 5.41) is 13.7. The molecule has 0 radical (unpaired) electrons. The smallest absolute Gasteiger partial charge is 0.0833 e. The largest absolute Gasteiger partial charge is 0.388 e. The van der Waals surface area contributed by atoms with Crippen molar-refractivity contribution in [3.63, 3.8) is 0 Å². The first-order valence-electron chi connectivity index (χ1n) is 6.25. The average Bonchev–Trinajstić information content (AvgIpc) is 2.71. The molecule has 0 spiro atoms. The fraction of sp³-hybridized carbons (Fsp3) is 0.571. The van der Waals surface area contributed by atoms with E-state index in [0.717, 1.165) is 18.6 Å². The molecular formula is C14H20BrNOS. The number of thioether (sulfide) groups is 1. The number of hydrogen-bond donors (Lipinski definition) is 2. The second-order valence-corrected chi connectivity index (χ2v) is 6.93. The van der Waals surface area contributed by atoms with Crippen molar-refractivity contribution < 1.29 is 5.11 Å². The van der Waals surface area contributed by atoms with Crippen molar-refractivity contribution in [3.8, 4) is 0 Å². The molecule has 18 heavy (non-hydrogen) atoms. The Morgan fingerprint density at radius 1 is 1.56 bits per heavy atom. The monoisotopic (exact) mass is 329 g/mol. The van der Waals surface area contributed by atoms with Gasteiger partial charge in [0.05, 0.1) is 5.60 Å². The van der Waals surface area contributed by atoms with Crippen LogP contribution >= 0.6 is 27.7 Å². The van der Waals surface area contributed by atoms with Gasteiger partial charge in [-0.05, 0) is 43.2 Å². The quantitative estimate of drug-likeness (QED) is 0.870. The minimum absolute atomic E-state index is 0.380. The number of rotatable bonds is 5. The molecule has 0 aromatic heterocycles. The zero-order chi connectivity index (χ0) is 13.2. The summed E-state index contributed by atoms with van der Waals surface area (Å²) < 4.78 is 1.21. The van der Waals surface area contributed by atoms with Crippen molar-refractivity contribution in [3.05, 3.63) is 33.8 Å². The molecule has 2 rings (SSSR count). The highest BCUT2D eigenvalue weighted by Gasteiger charge is 2.26. The summed E-state index contributed by atoms with van der Waals surface area (Å²) in [7, 11) is 0. The highest BCUT2D eigenvalue weighted by molar-refractivity contribution is 9.10. The average molecular weight is 330 g/mol. The fourth-order valence-electron chi connectivity index (χ4n) is 2.53. The van der Waals surface area contributed by atoms with E-state index in [9.17, 15) is 5.11 Å². The Morgan fingerprint density at radius 2 is 2.33 bits per heavy atom. The van der Waals surface area contributed by atoms with Crippen molar-refractivity contribution in [2.75, 3.05) is 18.6 Å².